The van der Waals surface area contributed by atoms with E-state index in [2.05, 4.69) is 0 Å². The van der Waals surface area contributed by atoms with Gasteiger partial charge in [0.2, 0.25) is 0 Å². The van der Waals surface area contributed by atoms with Gasteiger partial charge in [0.1, 0.15) is 0 Å². The quantitative estimate of drug-likeness (QED) is 0.299. The first-order chi connectivity index (χ1) is 8.61. The van der Waals surface area contributed by atoms with Crippen LogP contribution in [0.3, 0.4) is 0 Å². The standard InChI is InChI=1S/C11H14BNO5/c12-9(14)3-5-17-7-8-18-6-4-13-10(15)1-2-11(13)16/h1-2H,3-8H2. The maximum absolute atomic E-state index is 11.1. The second-order valence-corrected chi connectivity index (χ2v) is 3.60. The van der Waals surface area contributed by atoms with E-state index in [1.165, 1.54) is 12.2 Å². The van der Waals surface area contributed by atoms with E-state index in [9.17, 15) is 14.4 Å². The minimum atomic E-state index is -0.408. The van der Waals surface area contributed by atoms with Gasteiger partial charge >= 0.3 is 0 Å². The molecule has 0 spiro atoms. The molecular formula is C11H14BNO5. The van der Waals surface area contributed by atoms with Crippen molar-refractivity contribution in [3.63, 3.8) is 0 Å². The third kappa shape index (κ3) is 5.24. The van der Waals surface area contributed by atoms with Gasteiger partial charge in [-0.15, -0.1) is 0 Å². The summed E-state index contributed by atoms with van der Waals surface area (Å²) in [7, 11) is 4.93. The van der Waals surface area contributed by atoms with Crippen LogP contribution >= 0.6 is 0 Å². The Hall–Kier alpha value is -1.47. The van der Waals surface area contributed by atoms with E-state index in [1.54, 1.807) is 0 Å². The predicted molar refractivity (Wildman–Crippen MR) is 62.9 cm³/mol. The van der Waals surface area contributed by atoms with Gasteiger partial charge in [0.05, 0.1) is 38.7 Å². The normalized spacial score (nSPS) is 14.6. The summed E-state index contributed by atoms with van der Waals surface area (Å²) < 4.78 is 10.3. The van der Waals surface area contributed by atoms with Crippen molar-refractivity contribution < 1.29 is 23.9 Å². The van der Waals surface area contributed by atoms with E-state index >= 15 is 0 Å². The summed E-state index contributed by atoms with van der Waals surface area (Å²) in [5, 5.41) is 0. The molecule has 0 aromatic carbocycles. The average molecular weight is 251 g/mol. The SMILES string of the molecule is [B]C(=O)CCOCCOCCN1C(=O)C=CC1=O. The Balaban J connectivity index is 1.94. The zero-order valence-corrected chi connectivity index (χ0v) is 9.96. The highest BCUT2D eigenvalue weighted by atomic mass is 16.5. The molecule has 0 aromatic heterocycles. The van der Waals surface area contributed by atoms with Crippen molar-refractivity contribution in [3.8, 4) is 0 Å². The molecule has 1 aliphatic rings. The number of ether oxygens (including phenoxy) is 2. The van der Waals surface area contributed by atoms with Crippen LogP contribution in [-0.4, -0.2) is 63.2 Å². The van der Waals surface area contributed by atoms with E-state index in [0.717, 1.165) is 4.90 Å². The third-order valence-corrected chi connectivity index (χ3v) is 2.22. The molecule has 18 heavy (non-hydrogen) atoms. The second kappa shape index (κ2) is 7.78. The summed E-state index contributed by atoms with van der Waals surface area (Å²) in [6, 6.07) is 0. The minimum Gasteiger partial charge on any atom is -0.379 e. The fraction of sp³-hybridized carbons (Fsp3) is 0.545. The number of carbonyl (C=O) groups is 3. The van der Waals surface area contributed by atoms with Crippen molar-refractivity contribution in [2.45, 2.75) is 6.42 Å². The Bertz CT molecular complexity index is 337. The Morgan fingerprint density at radius 2 is 1.61 bits per heavy atom. The lowest BCUT2D eigenvalue weighted by Gasteiger charge is -2.13. The summed E-state index contributed by atoms with van der Waals surface area (Å²) in [5.41, 5.74) is -0.408. The van der Waals surface area contributed by atoms with Crippen LogP contribution in [0.5, 0.6) is 0 Å². The van der Waals surface area contributed by atoms with Crippen LogP contribution in [0.1, 0.15) is 6.42 Å². The Morgan fingerprint density at radius 1 is 1.06 bits per heavy atom. The maximum Gasteiger partial charge on any atom is 0.253 e. The molecule has 0 N–H and O–H groups in total. The fourth-order valence-electron chi connectivity index (χ4n) is 1.30. The lowest BCUT2D eigenvalue weighted by Crippen LogP contribution is -2.33. The number of amides is 2. The summed E-state index contributed by atoms with van der Waals surface area (Å²) in [5.74, 6) is -0.636. The van der Waals surface area contributed by atoms with Gasteiger partial charge < -0.3 is 14.3 Å². The van der Waals surface area contributed by atoms with Crippen molar-refractivity contribution in [1.82, 2.24) is 4.90 Å². The van der Waals surface area contributed by atoms with Gasteiger partial charge in [-0.3, -0.25) is 14.5 Å². The molecule has 0 saturated carbocycles. The highest BCUT2D eigenvalue weighted by Crippen LogP contribution is 2.02. The molecule has 1 rings (SSSR count). The van der Waals surface area contributed by atoms with Gasteiger partial charge in [0.25, 0.3) is 11.8 Å². The lowest BCUT2D eigenvalue weighted by atomic mass is 10.0. The molecule has 0 saturated heterocycles. The van der Waals surface area contributed by atoms with Crippen molar-refractivity contribution >= 4 is 25.3 Å². The summed E-state index contributed by atoms with van der Waals surface area (Å²) in [6.07, 6.45) is 2.65. The molecule has 2 radical (unpaired) electrons. The fourth-order valence-corrected chi connectivity index (χ4v) is 1.30. The number of imide groups is 1. The van der Waals surface area contributed by atoms with Gasteiger partial charge in [0.15, 0.2) is 7.85 Å². The van der Waals surface area contributed by atoms with Crippen molar-refractivity contribution in [2.24, 2.45) is 0 Å². The Kier molecular flexibility index (Phi) is 6.31. The van der Waals surface area contributed by atoms with Crippen LogP contribution in [0, 0.1) is 0 Å². The van der Waals surface area contributed by atoms with E-state index in [-0.39, 0.29) is 38.0 Å². The van der Waals surface area contributed by atoms with Crippen molar-refractivity contribution in [3.05, 3.63) is 12.2 Å². The van der Waals surface area contributed by atoms with Crippen LogP contribution in [0.15, 0.2) is 12.2 Å². The highest BCUT2D eigenvalue weighted by molar-refractivity contribution is 6.57. The molecule has 0 atom stereocenters. The average Bonchev–Trinajstić information content (AvgIpc) is 2.63. The van der Waals surface area contributed by atoms with Gasteiger partial charge in [-0.25, -0.2) is 0 Å². The molecule has 0 aromatic rings. The lowest BCUT2D eigenvalue weighted by molar-refractivity contribution is -0.137. The first kappa shape index (κ1) is 14.6. The number of carbonyl (C=O) groups excluding carboxylic acids is 3. The zero-order valence-electron chi connectivity index (χ0n) is 9.96. The largest absolute Gasteiger partial charge is 0.379 e. The third-order valence-electron chi connectivity index (χ3n) is 2.22. The Labute approximate surface area is 106 Å². The first-order valence-electron chi connectivity index (χ1n) is 5.58. The molecule has 96 valence electrons. The zero-order chi connectivity index (χ0) is 13.4. The van der Waals surface area contributed by atoms with Gasteiger partial charge in [-0.2, -0.15) is 0 Å². The van der Waals surface area contributed by atoms with E-state index in [1.807, 2.05) is 0 Å². The molecule has 6 nitrogen and oxygen atoms in total. The Morgan fingerprint density at radius 3 is 2.17 bits per heavy atom. The smallest absolute Gasteiger partial charge is 0.253 e. The molecule has 7 heteroatoms. The van der Waals surface area contributed by atoms with Crippen LogP contribution in [0.4, 0.5) is 0 Å². The maximum atomic E-state index is 11.1. The molecule has 0 bridgehead atoms. The van der Waals surface area contributed by atoms with E-state index in [0.29, 0.717) is 13.2 Å². The van der Waals surface area contributed by atoms with E-state index in [4.69, 9.17) is 17.3 Å². The molecular weight excluding hydrogens is 237 g/mol. The first-order valence-corrected chi connectivity index (χ1v) is 5.58. The van der Waals surface area contributed by atoms with Gasteiger partial charge in [0, 0.05) is 18.6 Å². The second-order valence-electron chi connectivity index (χ2n) is 3.60. The van der Waals surface area contributed by atoms with Crippen LogP contribution in [0.2, 0.25) is 0 Å². The van der Waals surface area contributed by atoms with Gasteiger partial charge in [-0.1, -0.05) is 0 Å². The minimum absolute atomic E-state index is 0.183. The number of nitrogens with zero attached hydrogens (tertiary/aromatic N) is 1. The van der Waals surface area contributed by atoms with Crippen LogP contribution < -0.4 is 0 Å². The van der Waals surface area contributed by atoms with Gasteiger partial charge in [-0.05, 0) is 0 Å². The topological polar surface area (TPSA) is 72.9 Å². The molecule has 2 amide bonds. The van der Waals surface area contributed by atoms with Crippen LogP contribution in [0.25, 0.3) is 0 Å². The number of hydrogen-bond donors (Lipinski definition) is 0. The van der Waals surface area contributed by atoms with Crippen LogP contribution in [-0.2, 0) is 23.9 Å². The molecule has 0 unspecified atom stereocenters. The van der Waals surface area contributed by atoms with E-state index < -0.39 is 5.68 Å². The molecule has 0 aliphatic carbocycles. The monoisotopic (exact) mass is 251 g/mol. The number of hydrogen-bond acceptors (Lipinski definition) is 5. The molecule has 0 fully saturated rings. The summed E-state index contributed by atoms with van der Waals surface area (Å²) in [6.45, 7) is 1.44. The summed E-state index contributed by atoms with van der Waals surface area (Å²) >= 11 is 0. The molecule has 1 heterocycles. The number of rotatable bonds is 9. The van der Waals surface area contributed by atoms with Crippen molar-refractivity contribution in [1.29, 1.82) is 0 Å². The molecule has 1 aliphatic heterocycles. The summed E-state index contributed by atoms with van der Waals surface area (Å²) in [4.78, 5) is 33.8. The highest BCUT2D eigenvalue weighted by Gasteiger charge is 2.22. The van der Waals surface area contributed by atoms with Crippen molar-refractivity contribution in [2.75, 3.05) is 33.0 Å². The predicted octanol–water partition coefficient (Wildman–Crippen LogP) is -0.970.